The van der Waals surface area contributed by atoms with Crippen molar-refractivity contribution in [3.05, 3.63) is 42.5 Å². The van der Waals surface area contributed by atoms with E-state index in [4.69, 9.17) is 10.0 Å². The van der Waals surface area contributed by atoms with Crippen molar-refractivity contribution in [3.63, 3.8) is 0 Å². The highest BCUT2D eigenvalue weighted by Crippen LogP contribution is 2.27. The van der Waals surface area contributed by atoms with Crippen molar-refractivity contribution in [2.75, 3.05) is 0 Å². The second-order valence-electron chi connectivity index (χ2n) is 2.70. The van der Waals surface area contributed by atoms with Crippen LogP contribution in [0.4, 0.5) is 0 Å². The van der Waals surface area contributed by atoms with Crippen LogP contribution in [0.15, 0.2) is 42.5 Å². The Hall–Kier alpha value is -1.11. The molecule has 2 aromatic carbocycles. The van der Waals surface area contributed by atoms with Crippen LogP contribution in [-0.4, -0.2) is 0 Å². The lowest BCUT2D eigenvalue weighted by Crippen LogP contribution is -1.85. The molecule has 13 heavy (non-hydrogen) atoms. The summed E-state index contributed by atoms with van der Waals surface area (Å²) in [7, 11) is -0.00148. The van der Waals surface area contributed by atoms with Gasteiger partial charge in [0, 0.05) is 5.39 Å². The maximum Gasteiger partial charge on any atom is 0.143 e. The van der Waals surface area contributed by atoms with Crippen molar-refractivity contribution in [1.82, 2.24) is 0 Å². The molecule has 0 saturated heterocycles. The summed E-state index contributed by atoms with van der Waals surface area (Å²) in [5.74, 6) is 0.860. The highest BCUT2D eigenvalue weighted by atomic mass is 31.1. The first-order valence-electron chi connectivity index (χ1n) is 4.02. The summed E-state index contributed by atoms with van der Waals surface area (Å²) in [6.07, 6.45) is 0. The highest BCUT2D eigenvalue weighted by molar-refractivity contribution is 7.29. The quantitative estimate of drug-likeness (QED) is 0.740. The monoisotopic (exact) mass is 191 g/mol. The Morgan fingerprint density at radius 2 is 1.77 bits per heavy atom. The maximum atomic E-state index is 5.36. The van der Waals surface area contributed by atoms with Crippen molar-refractivity contribution < 1.29 is 4.52 Å². The molecular weight excluding hydrogens is 181 g/mol. The first-order chi connectivity index (χ1) is 6.42. The van der Waals surface area contributed by atoms with Gasteiger partial charge in [-0.25, -0.2) is 0 Å². The maximum absolute atomic E-state index is 5.36. The zero-order valence-electron chi connectivity index (χ0n) is 7.03. The van der Waals surface area contributed by atoms with Crippen LogP contribution in [0, 0.1) is 0 Å². The molecule has 0 aliphatic heterocycles. The molecule has 0 fully saturated rings. The van der Waals surface area contributed by atoms with E-state index in [0.29, 0.717) is 0 Å². The molecule has 0 bridgehead atoms. The molecule has 0 heterocycles. The van der Waals surface area contributed by atoms with E-state index < -0.39 is 0 Å². The molecule has 3 heteroatoms. The minimum atomic E-state index is -0.00148. The zero-order chi connectivity index (χ0) is 9.10. The van der Waals surface area contributed by atoms with E-state index in [1.807, 2.05) is 30.3 Å². The van der Waals surface area contributed by atoms with Gasteiger partial charge in [-0.2, -0.15) is 0 Å². The van der Waals surface area contributed by atoms with Crippen molar-refractivity contribution >= 4 is 19.7 Å². The summed E-state index contributed by atoms with van der Waals surface area (Å²) in [6.45, 7) is 0. The topological polar surface area (TPSA) is 35.2 Å². The smallest absolute Gasteiger partial charge is 0.143 e. The fourth-order valence-electron chi connectivity index (χ4n) is 1.35. The Morgan fingerprint density at radius 1 is 1.00 bits per heavy atom. The summed E-state index contributed by atoms with van der Waals surface area (Å²) in [5, 5.41) is 2.29. The lowest BCUT2D eigenvalue weighted by atomic mass is 10.1. The number of fused-ring (bicyclic) bond motifs is 1. The van der Waals surface area contributed by atoms with Gasteiger partial charge in [-0.05, 0) is 11.5 Å². The van der Waals surface area contributed by atoms with E-state index >= 15 is 0 Å². The summed E-state index contributed by atoms with van der Waals surface area (Å²) >= 11 is 0. The number of rotatable bonds is 2. The molecule has 0 aliphatic rings. The fraction of sp³-hybridized carbons (Fsp3) is 0. The third-order valence-corrected chi connectivity index (χ3v) is 2.26. The molecule has 0 saturated carbocycles. The van der Waals surface area contributed by atoms with Gasteiger partial charge in [-0.1, -0.05) is 36.4 Å². The molecule has 2 N–H and O–H groups in total. The summed E-state index contributed by atoms with van der Waals surface area (Å²) in [4.78, 5) is 0. The number of nitrogens with two attached hydrogens (primary N) is 1. The molecular formula is C10H10NOP. The first kappa shape index (κ1) is 8.49. The predicted molar refractivity (Wildman–Crippen MR) is 57.1 cm³/mol. The van der Waals surface area contributed by atoms with Gasteiger partial charge in [0.25, 0.3) is 0 Å². The van der Waals surface area contributed by atoms with Gasteiger partial charge in [-0.3, -0.25) is 5.50 Å². The van der Waals surface area contributed by atoms with Crippen LogP contribution in [0.25, 0.3) is 10.8 Å². The Morgan fingerprint density at radius 3 is 2.62 bits per heavy atom. The van der Waals surface area contributed by atoms with Crippen LogP contribution >= 0.6 is 8.96 Å². The molecule has 0 spiro atoms. The summed E-state index contributed by atoms with van der Waals surface area (Å²) in [6, 6.07) is 14.1. The lowest BCUT2D eigenvalue weighted by molar-refractivity contribution is 0.640. The number of hydrogen-bond donors (Lipinski definition) is 1. The second kappa shape index (κ2) is 3.73. The van der Waals surface area contributed by atoms with Crippen LogP contribution in [-0.2, 0) is 0 Å². The molecule has 2 rings (SSSR count). The molecule has 1 atom stereocenters. The average Bonchev–Trinajstić information content (AvgIpc) is 2.19. The van der Waals surface area contributed by atoms with E-state index in [1.165, 1.54) is 5.39 Å². The van der Waals surface area contributed by atoms with Crippen molar-refractivity contribution in [2.45, 2.75) is 0 Å². The third-order valence-electron chi connectivity index (χ3n) is 1.92. The molecule has 66 valence electrons. The molecule has 0 aromatic heterocycles. The van der Waals surface area contributed by atoms with Crippen LogP contribution in [0.3, 0.4) is 0 Å². The van der Waals surface area contributed by atoms with Gasteiger partial charge < -0.3 is 4.52 Å². The average molecular weight is 191 g/mol. The third kappa shape index (κ3) is 1.64. The Labute approximate surface area is 78.6 Å². The highest BCUT2D eigenvalue weighted by Gasteiger charge is 1.98. The standard InChI is InChI=1S/C10H10NOP/c11-13-12-10-7-3-5-8-4-1-2-6-9(8)10/h1-7,13H,11H2. The van der Waals surface area contributed by atoms with Gasteiger partial charge >= 0.3 is 0 Å². The first-order valence-corrected chi connectivity index (χ1v) is 5.00. The summed E-state index contributed by atoms with van der Waals surface area (Å²) < 4.78 is 5.32. The Bertz CT molecular complexity index is 411. The number of hydrogen-bond acceptors (Lipinski definition) is 2. The van der Waals surface area contributed by atoms with Gasteiger partial charge in [0.15, 0.2) is 0 Å². The summed E-state index contributed by atoms with van der Waals surface area (Å²) in [5.41, 5.74) is 5.36. The zero-order valence-corrected chi connectivity index (χ0v) is 8.03. The molecule has 0 amide bonds. The minimum absolute atomic E-state index is 0.00148. The lowest BCUT2D eigenvalue weighted by Gasteiger charge is -2.05. The van der Waals surface area contributed by atoms with Gasteiger partial charge in [-0.15, -0.1) is 0 Å². The van der Waals surface area contributed by atoms with Gasteiger partial charge in [0.1, 0.15) is 14.7 Å². The SMILES string of the molecule is NPOc1cccc2ccccc12. The Kier molecular flexibility index (Phi) is 2.44. The molecule has 1 unspecified atom stereocenters. The van der Waals surface area contributed by atoms with Crippen LogP contribution < -0.4 is 10.0 Å². The van der Waals surface area contributed by atoms with Crippen LogP contribution in [0.5, 0.6) is 5.75 Å². The Balaban J connectivity index is 2.61. The number of benzene rings is 2. The fourth-order valence-corrected chi connectivity index (χ4v) is 1.65. The molecule has 2 nitrogen and oxygen atoms in total. The van der Waals surface area contributed by atoms with E-state index in [0.717, 1.165) is 11.1 Å². The van der Waals surface area contributed by atoms with Crippen molar-refractivity contribution in [3.8, 4) is 5.75 Å². The predicted octanol–water partition coefficient (Wildman–Crippen LogP) is 2.69. The molecule has 2 aromatic rings. The van der Waals surface area contributed by atoms with Gasteiger partial charge in [0.2, 0.25) is 0 Å². The minimum Gasteiger partial charge on any atom is -0.461 e. The van der Waals surface area contributed by atoms with Crippen LogP contribution in [0.1, 0.15) is 0 Å². The largest absolute Gasteiger partial charge is 0.461 e. The van der Waals surface area contributed by atoms with E-state index in [9.17, 15) is 0 Å². The normalized spacial score (nSPS) is 11.2. The van der Waals surface area contributed by atoms with Crippen LogP contribution in [0.2, 0.25) is 0 Å². The van der Waals surface area contributed by atoms with Crippen molar-refractivity contribution in [1.29, 1.82) is 0 Å². The van der Waals surface area contributed by atoms with E-state index in [1.54, 1.807) is 0 Å². The van der Waals surface area contributed by atoms with E-state index in [-0.39, 0.29) is 8.96 Å². The van der Waals surface area contributed by atoms with E-state index in [2.05, 4.69) is 12.1 Å². The molecule has 0 aliphatic carbocycles. The second-order valence-corrected chi connectivity index (χ2v) is 3.14. The molecule has 0 radical (unpaired) electrons. The van der Waals surface area contributed by atoms with Crippen molar-refractivity contribution in [2.24, 2.45) is 5.50 Å². The van der Waals surface area contributed by atoms with Gasteiger partial charge in [0.05, 0.1) is 0 Å².